The first-order chi connectivity index (χ1) is 9.58. The highest BCUT2D eigenvalue weighted by atomic mass is 16.5. The van der Waals surface area contributed by atoms with Gasteiger partial charge in [-0.25, -0.2) is 0 Å². The van der Waals surface area contributed by atoms with Crippen molar-refractivity contribution in [2.24, 2.45) is 5.92 Å². The molecule has 1 fully saturated rings. The number of carboxylic acid groups (broad SMARTS) is 1. The number of carbonyl (C=O) groups is 2. The highest BCUT2D eigenvalue weighted by Crippen LogP contribution is 2.18. The average Bonchev–Trinajstić information content (AvgIpc) is 2.91. The number of benzene rings is 1. The maximum absolute atomic E-state index is 11.9. The number of hydrogen-bond donors (Lipinski definition) is 1. The van der Waals surface area contributed by atoms with E-state index in [2.05, 4.69) is 0 Å². The summed E-state index contributed by atoms with van der Waals surface area (Å²) < 4.78 is 5.58. The van der Waals surface area contributed by atoms with Crippen LogP contribution in [-0.4, -0.2) is 41.6 Å². The Labute approximate surface area is 118 Å². The summed E-state index contributed by atoms with van der Waals surface area (Å²) >= 11 is 0. The maximum atomic E-state index is 11.9. The van der Waals surface area contributed by atoms with E-state index in [-0.39, 0.29) is 12.3 Å². The van der Waals surface area contributed by atoms with Crippen LogP contribution in [-0.2, 0) is 9.59 Å². The highest BCUT2D eigenvalue weighted by molar-refractivity contribution is 5.78. The van der Waals surface area contributed by atoms with E-state index in [0.717, 1.165) is 11.3 Å². The molecule has 1 aliphatic rings. The lowest BCUT2D eigenvalue weighted by atomic mass is 10.1. The van der Waals surface area contributed by atoms with E-state index < -0.39 is 11.9 Å². The van der Waals surface area contributed by atoms with Crippen LogP contribution in [0.1, 0.15) is 18.4 Å². The molecule has 0 spiro atoms. The number of nitrogens with zero attached hydrogens (tertiary/aromatic N) is 1. The molecule has 0 saturated carbocycles. The van der Waals surface area contributed by atoms with Gasteiger partial charge in [0, 0.05) is 13.1 Å². The van der Waals surface area contributed by atoms with Gasteiger partial charge < -0.3 is 14.7 Å². The van der Waals surface area contributed by atoms with Gasteiger partial charge in [-0.2, -0.15) is 0 Å². The van der Waals surface area contributed by atoms with Crippen LogP contribution in [0.5, 0.6) is 5.75 Å². The van der Waals surface area contributed by atoms with Gasteiger partial charge >= 0.3 is 5.97 Å². The predicted molar refractivity (Wildman–Crippen MR) is 73.6 cm³/mol. The molecule has 1 atom stereocenters. The summed E-state index contributed by atoms with van der Waals surface area (Å²) in [7, 11) is 0. The Hall–Kier alpha value is -2.04. The summed E-state index contributed by atoms with van der Waals surface area (Å²) in [6.07, 6.45) is 0.820. The SMILES string of the molecule is Cc1ccccc1OCCC(=O)N1CCC(C(=O)O)C1. The molecule has 1 saturated heterocycles. The van der Waals surface area contributed by atoms with E-state index in [9.17, 15) is 9.59 Å². The number of rotatable bonds is 5. The molecule has 0 aromatic heterocycles. The first-order valence-electron chi connectivity index (χ1n) is 6.77. The van der Waals surface area contributed by atoms with E-state index in [4.69, 9.17) is 9.84 Å². The number of ether oxygens (including phenoxy) is 1. The number of aliphatic carboxylic acids is 1. The van der Waals surface area contributed by atoms with Crippen LogP contribution in [0, 0.1) is 12.8 Å². The monoisotopic (exact) mass is 277 g/mol. The second-order valence-corrected chi connectivity index (χ2v) is 5.03. The molecule has 108 valence electrons. The van der Waals surface area contributed by atoms with Crippen molar-refractivity contribution < 1.29 is 19.4 Å². The number of likely N-dealkylation sites (tertiary alicyclic amines) is 1. The Balaban J connectivity index is 1.76. The largest absolute Gasteiger partial charge is 0.493 e. The van der Waals surface area contributed by atoms with Crippen LogP contribution < -0.4 is 4.74 Å². The average molecular weight is 277 g/mol. The first kappa shape index (κ1) is 14.4. The van der Waals surface area contributed by atoms with Crippen LogP contribution in [0.3, 0.4) is 0 Å². The number of hydrogen-bond acceptors (Lipinski definition) is 3. The van der Waals surface area contributed by atoms with E-state index in [1.54, 1.807) is 4.90 Å². The molecule has 20 heavy (non-hydrogen) atoms. The quantitative estimate of drug-likeness (QED) is 0.889. The number of carboxylic acids is 1. The summed E-state index contributed by atoms with van der Waals surface area (Å²) in [5, 5.41) is 8.91. The third-order valence-electron chi connectivity index (χ3n) is 3.56. The number of carbonyl (C=O) groups excluding carboxylic acids is 1. The van der Waals surface area contributed by atoms with Crippen LogP contribution in [0.4, 0.5) is 0 Å². The molecule has 0 bridgehead atoms. The van der Waals surface area contributed by atoms with E-state index in [1.165, 1.54) is 0 Å². The molecule has 1 aromatic carbocycles. The molecule has 5 nitrogen and oxygen atoms in total. The Kier molecular flexibility index (Phi) is 4.61. The van der Waals surface area contributed by atoms with Gasteiger partial charge in [0.15, 0.2) is 0 Å². The summed E-state index contributed by atoms with van der Waals surface area (Å²) in [4.78, 5) is 24.4. The molecular weight excluding hydrogens is 258 g/mol. The standard InChI is InChI=1S/C15H19NO4/c1-11-4-2-3-5-13(11)20-9-7-14(17)16-8-6-12(10-16)15(18)19/h2-5,12H,6-10H2,1H3,(H,18,19). The minimum Gasteiger partial charge on any atom is -0.493 e. The van der Waals surface area contributed by atoms with Crippen molar-refractivity contribution >= 4 is 11.9 Å². The third kappa shape index (κ3) is 3.50. The normalized spacial score (nSPS) is 18.1. The van der Waals surface area contributed by atoms with Crippen molar-refractivity contribution in [3.63, 3.8) is 0 Å². The number of aryl methyl sites for hydroxylation is 1. The fraction of sp³-hybridized carbons (Fsp3) is 0.467. The highest BCUT2D eigenvalue weighted by Gasteiger charge is 2.30. The molecule has 2 rings (SSSR count). The second-order valence-electron chi connectivity index (χ2n) is 5.03. The molecule has 1 N–H and O–H groups in total. The van der Waals surface area contributed by atoms with Gasteiger partial charge in [-0.05, 0) is 25.0 Å². The lowest BCUT2D eigenvalue weighted by Crippen LogP contribution is -2.30. The van der Waals surface area contributed by atoms with Gasteiger partial charge in [0.05, 0.1) is 18.9 Å². The fourth-order valence-corrected chi connectivity index (χ4v) is 2.31. The molecule has 5 heteroatoms. The van der Waals surface area contributed by atoms with Gasteiger partial charge in [-0.3, -0.25) is 9.59 Å². The molecule has 1 aliphatic heterocycles. The Morgan fingerprint density at radius 2 is 2.15 bits per heavy atom. The molecule has 1 amide bonds. The summed E-state index contributed by atoms with van der Waals surface area (Å²) in [6.45, 7) is 3.12. The Morgan fingerprint density at radius 3 is 2.80 bits per heavy atom. The molecule has 0 aliphatic carbocycles. The Bertz CT molecular complexity index is 500. The van der Waals surface area contributed by atoms with Crippen molar-refractivity contribution in [1.82, 2.24) is 4.90 Å². The van der Waals surface area contributed by atoms with E-state index >= 15 is 0 Å². The number of para-hydroxylation sites is 1. The molecule has 0 radical (unpaired) electrons. The topological polar surface area (TPSA) is 66.8 Å². The number of amides is 1. The van der Waals surface area contributed by atoms with Crippen molar-refractivity contribution in [1.29, 1.82) is 0 Å². The third-order valence-corrected chi connectivity index (χ3v) is 3.56. The van der Waals surface area contributed by atoms with Crippen LogP contribution in [0.15, 0.2) is 24.3 Å². The van der Waals surface area contributed by atoms with Gasteiger partial charge in [0.1, 0.15) is 5.75 Å². The summed E-state index contributed by atoms with van der Waals surface area (Å²) in [6, 6.07) is 7.65. The van der Waals surface area contributed by atoms with Crippen molar-refractivity contribution in [2.75, 3.05) is 19.7 Å². The minimum absolute atomic E-state index is 0.0395. The smallest absolute Gasteiger partial charge is 0.308 e. The van der Waals surface area contributed by atoms with Crippen LogP contribution in [0.25, 0.3) is 0 Å². The zero-order chi connectivity index (χ0) is 14.5. The van der Waals surface area contributed by atoms with Crippen molar-refractivity contribution in [2.45, 2.75) is 19.8 Å². The molecule has 1 heterocycles. The van der Waals surface area contributed by atoms with Crippen molar-refractivity contribution in [3.8, 4) is 5.75 Å². The lowest BCUT2D eigenvalue weighted by molar-refractivity contribution is -0.141. The maximum Gasteiger partial charge on any atom is 0.308 e. The summed E-state index contributed by atoms with van der Waals surface area (Å²) in [5.41, 5.74) is 1.03. The van der Waals surface area contributed by atoms with Crippen LogP contribution >= 0.6 is 0 Å². The lowest BCUT2D eigenvalue weighted by Gasteiger charge is -2.16. The Morgan fingerprint density at radius 1 is 1.40 bits per heavy atom. The summed E-state index contributed by atoms with van der Waals surface area (Å²) in [5.74, 6) is -0.500. The molecular formula is C15H19NO4. The van der Waals surface area contributed by atoms with Crippen molar-refractivity contribution in [3.05, 3.63) is 29.8 Å². The van der Waals surface area contributed by atoms with Gasteiger partial charge in [-0.15, -0.1) is 0 Å². The van der Waals surface area contributed by atoms with Gasteiger partial charge in [-0.1, -0.05) is 18.2 Å². The molecule has 1 unspecified atom stereocenters. The zero-order valence-corrected chi connectivity index (χ0v) is 11.5. The zero-order valence-electron chi connectivity index (χ0n) is 11.5. The van der Waals surface area contributed by atoms with E-state index in [1.807, 2.05) is 31.2 Å². The van der Waals surface area contributed by atoms with Crippen LogP contribution in [0.2, 0.25) is 0 Å². The first-order valence-corrected chi connectivity index (χ1v) is 6.77. The van der Waals surface area contributed by atoms with E-state index in [0.29, 0.717) is 26.1 Å². The molecule has 1 aromatic rings. The van der Waals surface area contributed by atoms with Gasteiger partial charge in [0.2, 0.25) is 5.91 Å². The second kappa shape index (κ2) is 6.41. The predicted octanol–water partition coefficient (Wildman–Crippen LogP) is 1.70. The van der Waals surface area contributed by atoms with Gasteiger partial charge in [0.25, 0.3) is 0 Å². The minimum atomic E-state index is -0.823. The fourth-order valence-electron chi connectivity index (χ4n) is 2.31.